The summed E-state index contributed by atoms with van der Waals surface area (Å²) >= 11 is 0. The lowest BCUT2D eigenvalue weighted by atomic mass is 9.99. The summed E-state index contributed by atoms with van der Waals surface area (Å²) in [6.07, 6.45) is 0.535. The fraction of sp³-hybridized carbons (Fsp3) is 0.222. The van der Waals surface area contributed by atoms with Gasteiger partial charge >= 0.3 is 0 Å². The van der Waals surface area contributed by atoms with Crippen LogP contribution in [0.5, 0.6) is 11.5 Å². The van der Waals surface area contributed by atoms with Crippen LogP contribution >= 0.6 is 0 Å². The van der Waals surface area contributed by atoms with Gasteiger partial charge in [-0.05, 0) is 55.3 Å². The molecule has 0 bridgehead atoms. The van der Waals surface area contributed by atoms with Crippen molar-refractivity contribution in [3.8, 4) is 51.5 Å². The fourth-order valence-electron chi connectivity index (χ4n) is 3.50. The van der Waals surface area contributed by atoms with Crippen LogP contribution in [0.4, 0.5) is 0 Å². The van der Waals surface area contributed by atoms with Crippen LogP contribution in [0.15, 0.2) is 71.3 Å². The molecule has 7 nitrogen and oxygen atoms in total. The summed E-state index contributed by atoms with van der Waals surface area (Å²) in [7, 11) is 0. The second-order valence-electron chi connectivity index (χ2n) is 7.91. The summed E-state index contributed by atoms with van der Waals surface area (Å²) < 4.78 is 17.0. The van der Waals surface area contributed by atoms with E-state index in [0.29, 0.717) is 41.6 Å². The summed E-state index contributed by atoms with van der Waals surface area (Å²) in [5.41, 5.74) is 3.74. The predicted octanol–water partition coefficient (Wildman–Crippen LogP) is 5.49. The SMILES string of the molecule is CC(C)Oc1ccc(-c2nc(-c3ccccc3-c3cccc(OCCCO)c3)no2)cc1C#N. The van der Waals surface area contributed by atoms with Crippen molar-refractivity contribution in [2.45, 2.75) is 26.4 Å². The van der Waals surface area contributed by atoms with E-state index < -0.39 is 0 Å². The van der Waals surface area contributed by atoms with E-state index in [9.17, 15) is 5.26 Å². The molecule has 0 unspecified atom stereocenters. The third-order valence-electron chi connectivity index (χ3n) is 5.02. The van der Waals surface area contributed by atoms with Crippen LogP contribution in [0.1, 0.15) is 25.8 Å². The minimum absolute atomic E-state index is 0.0389. The molecule has 0 aliphatic carbocycles. The van der Waals surface area contributed by atoms with Crippen molar-refractivity contribution in [3.05, 3.63) is 72.3 Å². The molecule has 0 fully saturated rings. The van der Waals surface area contributed by atoms with Gasteiger partial charge < -0.3 is 19.1 Å². The van der Waals surface area contributed by atoms with Crippen LogP contribution in [0.25, 0.3) is 34.0 Å². The largest absolute Gasteiger partial charge is 0.493 e. The molecule has 0 atom stereocenters. The van der Waals surface area contributed by atoms with Gasteiger partial charge in [-0.2, -0.15) is 10.2 Å². The third kappa shape index (κ3) is 5.25. The molecule has 0 aliphatic heterocycles. The molecule has 0 saturated carbocycles. The monoisotopic (exact) mass is 455 g/mol. The van der Waals surface area contributed by atoms with Gasteiger partial charge in [0.25, 0.3) is 5.89 Å². The Hall–Kier alpha value is -4.15. The lowest BCUT2D eigenvalue weighted by molar-refractivity contribution is 0.233. The van der Waals surface area contributed by atoms with E-state index in [1.165, 1.54) is 0 Å². The maximum absolute atomic E-state index is 9.52. The molecule has 3 aromatic carbocycles. The molecule has 0 saturated heterocycles. The number of rotatable bonds is 9. The molecular formula is C27H25N3O4. The normalized spacial score (nSPS) is 10.8. The zero-order valence-corrected chi connectivity index (χ0v) is 19.1. The average molecular weight is 456 g/mol. The Kier molecular flexibility index (Phi) is 7.21. The third-order valence-corrected chi connectivity index (χ3v) is 5.02. The van der Waals surface area contributed by atoms with E-state index in [1.807, 2.05) is 62.4 Å². The molecule has 0 aliphatic rings. The Labute approximate surface area is 198 Å². The molecular weight excluding hydrogens is 430 g/mol. The van der Waals surface area contributed by atoms with Gasteiger partial charge in [0.15, 0.2) is 0 Å². The zero-order chi connectivity index (χ0) is 23.9. The molecule has 34 heavy (non-hydrogen) atoms. The second-order valence-corrected chi connectivity index (χ2v) is 7.91. The minimum Gasteiger partial charge on any atom is -0.493 e. The van der Waals surface area contributed by atoms with E-state index in [0.717, 1.165) is 22.4 Å². The summed E-state index contributed by atoms with van der Waals surface area (Å²) in [6, 6.07) is 22.9. The number of nitrogens with zero attached hydrogens (tertiary/aromatic N) is 3. The van der Waals surface area contributed by atoms with Gasteiger partial charge in [0.1, 0.15) is 17.6 Å². The van der Waals surface area contributed by atoms with Gasteiger partial charge in [-0.3, -0.25) is 0 Å². The van der Waals surface area contributed by atoms with Crippen LogP contribution < -0.4 is 9.47 Å². The average Bonchev–Trinajstić information content (AvgIpc) is 3.34. The smallest absolute Gasteiger partial charge is 0.258 e. The first kappa shape index (κ1) is 23.0. The van der Waals surface area contributed by atoms with Gasteiger partial charge in [-0.25, -0.2) is 0 Å². The van der Waals surface area contributed by atoms with Crippen LogP contribution in [-0.4, -0.2) is 34.6 Å². The molecule has 0 spiro atoms. The van der Waals surface area contributed by atoms with Crippen molar-refractivity contribution in [2.75, 3.05) is 13.2 Å². The number of hydrogen-bond acceptors (Lipinski definition) is 7. The van der Waals surface area contributed by atoms with Crippen LogP contribution in [0, 0.1) is 11.3 Å². The summed E-state index contributed by atoms with van der Waals surface area (Å²) in [5, 5.41) is 22.7. The maximum atomic E-state index is 9.52. The topological polar surface area (TPSA) is 101 Å². The first-order chi connectivity index (χ1) is 16.6. The van der Waals surface area contributed by atoms with E-state index in [4.69, 9.17) is 19.1 Å². The lowest BCUT2D eigenvalue weighted by Crippen LogP contribution is -2.06. The second kappa shape index (κ2) is 10.6. The van der Waals surface area contributed by atoms with E-state index >= 15 is 0 Å². The van der Waals surface area contributed by atoms with Gasteiger partial charge in [0, 0.05) is 24.2 Å². The first-order valence-corrected chi connectivity index (χ1v) is 11.1. The highest BCUT2D eigenvalue weighted by atomic mass is 16.5. The van der Waals surface area contributed by atoms with Crippen molar-refractivity contribution in [1.29, 1.82) is 5.26 Å². The molecule has 1 N–H and O–H groups in total. The van der Waals surface area contributed by atoms with E-state index in [2.05, 4.69) is 16.2 Å². The highest BCUT2D eigenvalue weighted by Crippen LogP contribution is 2.34. The van der Waals surface area contributed by atoms with Gasteiger partial charge in [-0.1, -0.05) is 41.6 Å². The fourth-order valence-corrected chi connectivity index (χ4v) is 3.50. The Balaban J connectivity index is 1.65. The molecule has 7 heteroatoms. The number of benzene rings is 3. The highest BCUT2D eigenvalue weighted by Gasteiger charge is 2.17. The van der Waals surface area contributed by atoms with Crippen molar-refractivity contribution in [3.63, 3.8) is 0 Å². The van der Waals surface area contributed by atoms with Crippen molar-refractivity contribution in [1.82, 2.24) is 10.1 Å². The van der Waals surface area contributed by atoms with Crippen molar-refractivity contribution < 1.29 is 19.1 Å². The number of aliphatic hydroxyl groups excluding tert-OH is 1. The molecule has 1 heterocycles. The highest BCUT2D eigenvalue weighted by molar-refractivity contribution is 5.81. The molecule has 172 valence electrons. The lowest BCUT2D eigenvalue weighted by Gasteiger charge is -2.11. The molecule has 0 radical (unpaired) electrons. The standard InChI is InChI=1S/C27H25N3O4/c1-18(2)33-25-12-11-20(15-21(25)17-28)27-29-26(30-34-27)24-10-4-3-9-23(24)19-7-5-8-22(16-19)32-14-6-13-31/h3-5,7-12,15-16,18,31H,6,13-14H2,1-2H3. The number of aromatic nitrogens is 2. The van der Waals surface area contributed by atoms with Gasteiger partial charge in [0.2, 0.25) is 5.82 Å². The van der Waals surface area contributed by atoms with E-state index in [1.54, 1.807) is 18.2 Å². The Morgan fingerprint density at radius 3 is 2.59 bits per heavy atom. The Morgan fingerprint density at radius 1 is 1.00 bits per heavy atom. The van der Waals surface area contributed by atoms with Crippen LogP contribution in [0.3, 0.4) is 0 Å². The number of aliphatic hydroxyl groups is 1. The van der Waals surface area contributed by atoms with Crippen LogP contribution in [-0.2, 0) is 0 Å². The molecule has 0 amide bonds. The maximum Gasteiger partial charge on any atom is 0.258 e. The van der Waals surface area contributed by atoms with Gasteiger partial charge in [0.05, 0.1) is 18.3 Å². The minimum atomic E-state index is -0.0389. The Bertz CT molecular complexity index is 1310. The number of ether oxygens (including phenoxy) is 2. The quantitative estimate of drug-likeness (QED) is 0.333. The molecule has 4 rings (SSSR count). The van der Waals surface area contributed by atoms with Crippen molar-refractivity contribution in [2.24, 2.45) is 0 Å². The van der Waals surface area contributed by atoms with E-state index in [-0.39, 0.29) is 12.7 Å². The number of hydrogen-bond donors (Lipinski definition) is 1. The molecule has 4 aromatic rings. The predicted molar refractivity (Wildman–Crippen MR) is 128 cm³/mol. The zero-order valence-electron chi connectivity index (χ0n) is 19.1. The summed E-state index contributed by atoms with van der Waals surface area (Å²) in [4.78, 5) is 4.60. The summed E-state index contributed by atoms with van der Waals surface area (Å²) in [5.74, 6) is 2.01. The molecule has 1 aromatic heterocycles. The van der Waals surface area contributed by atoms with Gasteiger partial charge in [-0.15, -0.1) is 0 Å². The van der Waals surface area contributed by atoms with Crippen molar-refractivity contribution >= 4 is 0 Å². The number of nitriles is 1. The summed E-state index contributed by atoms with van der Waals surface area (Å²) in [6.45, 7) is 4.36. The van der Waals surface area contributed by atoms with Crippen LogP contribution in [0.2, 0.25) is 0 Å². The Morgan fingerprint density at radius 2 is 1.82 bits per heavy atom. The first-order valence-electron chi connectivity index (χ1n) is 11.1.